The van der Waals surface area contributed by atoms with E-state index >= 15 is 0 Å². The highest BCUT2D eigenvalue weighted by atomic mass is 16.1. The van der Waals surface area contributed by atoms with Gasteiger partial charge in [0.15, 0.2) is 0 Å². The van der Waals surface area contributed by atoms with Crippen molar-refractivity contribution in [2.75, 3.05) is 0 Å². The molecule has 0 aromatic rings. The number of carbonyl (C=O) groups is 1. The van der Waals surface area contributed by atoms with Gasteiger partial charge in [-0.15, -0.1) is 0 Å². The second-order valence-corrected chi connectivity index (χ2v) is 9.49. The van der Waals surface area contributed by atoms with Crippen LogP contribution in [0, 0.1) is 29.1 Å². The lowest BCUT2D eigenvalue weighted by molar-refractivity contribution is -0.118. The van der Waals surface area contributed by atoms with Gasteiger partial charge in [0.2, 0.25) is 0 Å². The van der Waals surface area contributed by atoms with E-state index in [4.69, 9.17) is 0 Å². The van der Waals surface area contributed by atoms with Crippen molar-refractivity contribution in [2.24, 2.45) is 29.1 Å². The number of ketones is 1. The van der Waals surface area contributed by atoms with E-state index in [9.17, 15) is 4.79 Å². The van der Waals surface area contributed by atoms with Crippen molar-refractivity contribution in [1.29, 1.82) is 0 Å². The molecule has 2 rings (SSSR count). The van der Waals surface area contributed by atoms with Crippen molar-refractivity contribution in [3.63, 3.8) is 0 Å². The van der Waals surface area contributed by atoms with Crippen LogP contribution in [-0.2, 0) is 4.79 Å². The molecule has 0 aromatic heterocycles. The van der Waals surface area contributed by atoms with Crippen molar-refractivity contribution in [3.8, 4) is 0 Å². The number of rotatable bonds is 5. The fourth-order valence-electron chi connectivity index (χ4n) is 5.63. The van der Waals surface area contributed by atoms with Crippen molar-refractivity contribution < 1.29 is 4.79 Å². The van der Waals surface area contributed by atoms with Gasteiger partial charge in [-0.25, -0.2) is 0 Å². The molecule has 0 aromatic carbocycles. The molecule has 5 atom stereocenters. The van der Waals surface area contributed by atoms with E-state index in [1.54, 1.807) is 6.92 Å². The third kappa shape index (κ3) is 4.96. The van der Waals surface area contributed by atoms with Crippen LogP contribution in [0.1, 0.15) is 98.8 Å². The number of hydrogen-bond donors (Lipinski definition) is 0. The first-order valence-electron chi connectivity index (χ1n) is 10.5. The first-order chi connectivity index (χ1) is 11.3. The van der Waals surface area contributed by atoms with E-state index in [1.807, 2.05) is 0 Å². The summed E-state index contributed by atoms with van der Waals surface area (Å²) < 4.78 is 0. The van der Waals surface area contributed by atoms with E-state index < -0.39 is 0 Å². The lowest BCUT2D eigenvalue weighted by Crippen LogP contribution is -2.44. The van der Waals surface area contributed by atoms with Gasteiger partial charge in [-0.1, -0.05) is 51.2 Å². The molecule has 0 amide bonds. The molecule has 0 heterocycles. The zero-order valence-electron chi connectivity index (χ0n) is 16.9. The van der Waals surface area contributed by atoms with Crippen LogP contribution in [0.15, 0.2) is 11.6 Å². The summed E-state index contributed by atoms with van der Waals surface area (Å²) >= 11 is 0. The van der Waals surface area contributed by atoms with Crippen LogP contribution in [0.5, 0.6) is 0 Å². The van der Waals surface area contributed by atoms with E-state index in [2.05, 4.69) is 33.8 Å². The Morgan fingerprint density at radius 2 is 1.79 bits per heavy atom. The maximum absolute atomic E-state index is 11.6. The van der Waals surface area contributed by atoms with E-state index in [0.29, 0.717) is 11.2 Å². The summed E-state index contributed by atoms with van der Waals surface area (Å²) in [7, 11) is 0. The summed E-state index contributed by atoms with van der Waals surface area (Å²) in [6.45, 7) is 11.2. The summed E-state index contributed by atoms with van der Waals surface area (Å²) in [5.41, 5.74) is 1.84. The summed E-state index contributed by atoms with van der Waals surface area (Å²) in [5, 5.41) is 0. The summed E-state index contributed by atoms with van der Waals surface area (Å²) in [6, 6.07) is 0. The minimum absolute atomic E-state index is 0.368. The molecule has 138 valence electrons. The Kier molecular flexibility index (Phi) is 7.13. The van der Waals surface area contributed by atoms with Gasteiger partial charge in [-0.3, -0.25) is 0 Å². The Hall–Kier alpha value is -0.590. The van der Waals surface area contributed by atoms with Crippen LogP contribution >= 0.6 is 0 Å². The van der Waals surface area contributed by atoms with E-state index in [1.165, 1.54) is 56.9 Å². The van der Waals surface area contributed by atoms with E-state index in [0.717, 1.165) is 36.5 Å². The highest BCUT2D eigenvalue weighted by molar-refractivity contribution is 5.75. The Balaban J connectivity index is 2.23. The minimum Gasteiger partial charge on any atom is -0.300 e. The molecule has 0 spiro atoms. The largest absolute Gasteiger partial charge is 0.300 e. The molecule has 2 saturated carbocycles. The smallest absolute Gasteiger partial charge is 0.129 e. The Labute approximate surface area is 150 Å². The van der Waals surface area contributed by atoms with Crippen LogP contribution in [0.2, 0.25) is 0 Å². The average molecular weight is 333 g/mol. The fraction of sp³-hybridized carbons (Fsp3) is 0.870. The van der Waals surface area contributed by atoms with Gasteiger partial charge in [0.1, 0.15) is 5.78 Å². The second kappa shape index (κ2) is 8.68. The number of fused-ring (bicyclic) bond motifs is 1. The zero-order valence-corrected chi connectivity index (χ0v) is 16.9. The number of carbonyl (C=O) groups excluding carboxylic acids is 1. The Morgan fingerprint density at radius 3 is 2.46 bits per heavy atom. The van der Waals surface area contributed by atoms with Crippen molar-refractivity contribution in [1.82, 2.24) is 0 Å². The van der Waals surface area contributed by atoms with Crippen LogP contribution in [-0.4, -0.2) is 5.78 Å². The van der Waals surface area contributed by atoms with Crippen LogP contribution < -0.4 is 0 Å². The molecule has 0 saturated heterocycles. The Bertz CT molecular complexity index is 445. The number of Topliss-reactive ketones (excluding diaryl/α,β-unsaturated/α-hetero) is 1. The molecule has 5 unspecified atom stereocenters. The molecular weight excluding hydrogens is 292 g/mol. The maximum Gasteiger partial charge on any atom is 0.129 e. The average Bonchev–Trinajstić information content (AvgIpc) is 2.49. The molecule has 1 heteroatoms. The number of allylic oxidation sites excluding steroid dienone is 2. The van der Waals surface area contributed by atoms with Crippen molar-refractivity contribution >= 4 is 5.78 Å². The second-order valence-electron chi connectivity index (χ2n) is 9.49. The summed E-state index contributed by atoms with van der Waals surface area (Å²) in [6.07, 6.45) is 15.5. The third-order valence-electron chi connectivity index (χ3n) is 7.27. The molecule has 2 fully saturated rings. The molecule has 0 radical (unpaired) electrons. The molecule has 0 bridgehead atoms. The predicted octanol–water partition coefficient (Wildman–Crippen LogP) is 6.96. The molecule has 0 aliphatic heterocycles. The standard InChI is InChI=1S/C23H40O/c1-17(2)15-16-23(5)21(12-10-19(4)24)13-11-20-8-6-7-18(3)9-14-22(20)23/h15,18,20-22H,6-14,16H2,1-5H3. The summed E-state index contributed by atoms with van der Waals surface area (Å²) in [5.74, 6) is 3.79. The highest BCUT2D eigenvalue weighted by Gasteiger charge is 2.47. The highest BCUT2D eigenvalue weighted by Crippen LogP contribution is 2.56. The summed E-state index contributed by atoms with van der Waals surface area (Å²) in [4.78, 5) is 11.6. The predicted molar refractivity (Wildman–Crippen MR) is 104 cm³/mol. The molecular formula is C23H40O. The van der Waals surface area contributed by atoms with Crippen LogP contribution in [0.3, 0.4) is 0 Å². The SMILES string of the molecule is CC(=O)CCC1CCC2CCCC(C)CCC2C1(C)CC=C(C)C. The quantitative estimate of drug-likeness (QED) is 0.497. The first-order valence-corrected chi connectivity index (χ1v) is 10.5. The fourth-order valence-corrected chi connectivity index (χ4v) is 5.63. The van der Waals surface area contributed by atoms with Gasteiger partial charge in [0, 0.05) is 6.42 Å². The van der Waals surface area contributed by atoms with Gasteiger partial charge >= 0.3 is 0 Å². The third-order valence-corrected chi connectivity index (χ3v) is 7.27. The van der Waals surface area contributed by atoms with Crippen LogP contribution in [0.4, 0.5) is 0 Å². The van der Waals surface area contributed by atoms with Gasteiger partial charge in [0.25, 0.3) is 0 Å². The van der Waals surface area contributed by atoms with Gasteiger partial charge in [-0.05, 0) is 82.0 Å². The minimum atomic E-state index is 0.368. The molecule has 2 aliphatic carbocycles. The normalized spacial score (nSPS) is 37.0. The maximum atomic E-state index is 11.6. The van der Waals surface area contributed by atoms with Crippen molar-refractivity contribution in [2.45, 2.75) is 98.8 Å². The Morgan fingerprint density at radius 1 is 1.04 bits per heavy atom. The van der Waals surface area contributed by atoms with E-state index in [-0.39, 0.29) is 0 Å². The molecule has 2 aliphatic rings. The molecule has 1 nitrogen and oxygen atoms in total. The molecule has 24 heavy (non-hydrogen) atoms. The lowest BCUT2D eigenvalue weighted by Gasteiger charge is -2.53. The van der Waals surface area contributed by atoms with Crippen LogP contribution in [0.25, 0.3) is 0 Å². The first kappa shape index (κ1) is 19.7. The number of hydrogen-bond acceptors (Lipinski definition) is 1. The zero-order chi connectivity index (χ0) is 17.7. The molecule has 0 N–H and O–H groups in total. The van der Waals surface area contributed by atoms with Gasteiger partial charge in [0.05, 0.1) is 0 Å². The van der Waals surface area contributed by atoms with Gasteiger partial charge < -0.3 is 4.79 Å². The van der Waals surface area contributed by atoms with Crippen molar-refractivity contribution in [3.05, 3.63) is 11.6 Å². The lowest BCUT2D eigenvalue weighted by atomic mass is 9.52. The topological polar surface area (TPSA) is 17.1 Å². The monoisotopic (exact) mass is 332 g/mol. The van der Waals surface area contributed by atoms with Gasteiger partial charge in [-0.2, -0.15) is 0 Å².